The average molecular weight is 541 g/mol. The zero-order chi connectivity index (χ0) is 28.2. The Morgan fingerprint density at radius 2 is 1.82 bits per heavy atom. The van der Waals surface area contributed by atoms with E-state index in [2.05, 4.69) is 28.6 Å². The zero-order valence-corrected chi connectivity index (χ0v) is 22.5. The van der Waals surface area contributed by atoms with Gasteiger partial charge < -0.3 is 25.1 Å². The van der Waals surface area contributed by atoms with Crippen molar-refractivity contribution in [1.82, 2.24) is 9.88 Å². The molecular formula is C31H32N4O5. The van der Waals surface area contributed by atoms with Crippen LogP contribution in [0.25, 0.3) is 11.1 Å². The van der Waals surface area contributed by atoms with E-state index in [1.165, 1.54) is 12.5 Å². The van der Waals surface area contributed by atoms with E-state index in [1.807, 2.05) is 60.7 Å². The van der Waals surface area contributed by atoms with Gasteiger partial charge in [-0.15, -0.1) is 0 Å². The third-order valence-corrected chi connectivity index (χ3v) is 7.40. The number of likely N-dealkylation sites (tertiary alicyclic amines) is 1. The highest BCUT2D eigenvalue weighted by atomic mass is 16.4. The smallest absolute Gasteiger partial charge is 0.308 e. The second kappa shape index (κ2) is 11.6. The lowest BCUT2D eigenvalue weighted by Crippen LogP contribution is -2.27. The van der Waals surface area contributed by atoms with Crippen molar-refractivity contribution in [2.75, 3.05) is 30.3 Å². The molecule has 1 saturated heterocycles. The second-order valence-electron chi connectivity index (χ2n) is 10.1. The van der Waals surface area contributed by atoms with E-state index in [-0.39, 0.29) is 37.1 Å². The minimum atomic E-state index is -0.903. The van der Waals surface area contributed by atoms with Crippen LogP contribution in [0.5, 0.6) is 0 Å². The number of hydrogen-bond acceptors (Lipinski definition) is 7. The van der Waals surface area contributed by atoms with Crippen molar-refractivity contribution in [2.45, 2.75) is 32.6 Å². The number of fused-ring (bicyclic) bond motifs is 1. The Morgan fingerprint density at radius 1 is 1.05 bits per heavy atom. The van der Waals surface area contributed by atoms with Crippen molar-refractivity contribution in [3.8, 4) is 0 Å². The average Bonchev–Trinajstić information content (AvgIpc) is 3.57. The molecule has 1 aromatic heterocycles. The molecule has 9 heteroatoms. The summed E-state index contributed by atoms with van der Waals surface area (Å²) in [5.41, 5.74) is 5.90. The van der Waals surface area contributed by atoms with E-state index in [1.54, 1.807) is 4.90 Å². The molecule has 1 fully saturated rings. The van der Waals surface area contributed by atoms with Gasteiger partial charge in [-0.3, -0.25) is 14.4 Å². The molecule has 2 unspecified atom stereocenters. The quantitative estimate of drug-likeness (QED) is 0.257. The molecule has 0 aliphatic carbocycles. The van der Waals surface area contributed by atoms with Gasteiger partial charge in [0.2, 0.25) is 5.91 Å². The number of nitrogens with zero attached hydrogens (tertiary/aromatic N) is 2. The van der Waals surface area contributed by atoms with E-state index in [0.29, 0.717) is 23.7 Å². The van der Waals surface area contributed by atoms with Crippen LogP contribution in [0.3, 0.4) is 0 Å². The van der Waals surface area contributed by atoms with Crippen molar-refractivity contribution in [1.29, 1.82) is 0 Å². The summed E-state index contributed by atoms with van der Waals surface area (Å²) < 4.78 is 5.91. The summed E-state index contributed by atoms with van der Waals surface area (Å²) in [6.45, 7) is 4.30. The number of ketones is 1. The van der Waals surface area contributed by atoms with Crippen molar-refractivity contribution in [2.24, 2.45) is 5.92 Å². The van der Waals surface area contributed by atoms with Gasteiger partial charge in [0.1, 0.15) is 5.52 Å². The minimum Gasteiger partial charge on any atom is -0.481 e. The molecule has 0 saturated carbocycles. The Labute approximate surface area is 232 Å². The Balaban J connectivity index is 1.17. The molecule has 3 N–H and O–H groups in total. The number of rotatable bonds is 10. The number of carbonyl (C=O) groups excluding carboxylic acids is 2. The van der Waals surface area contributed by atoms with Crippen LogP contribution in [-0.4, -0.2) is 52.3 Å². The minimum absolute atomic E-state index is 0.0111. The predicted octanol–water partition coefficient (Wildman–Crippen LogP) is 5.00. The Kier molecular flexibility index (Phi) is 7.82. The highest BCUT2D eigenvalue weighted by molar-refractivity contribution is 5.86. The number of carboxylic acids is 1. The number of Topliss-reactive ketones (excluding diaryl/α,β-unsaturated/α-hetero) is 1. The molecule has 5 rings (SSSR count). The standard InChI is InChI=1S/C31H32N4O5/c1-3-21-6-4-5-7-27(21)33-31-34-28-13-8-20(15-29(28)40-31)14-24(37)16-32-23-11-9-22(10-12-23)25-17-35(19(2)36)18-26(25)30(38)39/h4-13,15,25-26,32H,3,14,16-18H2,1-2H3,(H,33,34)(H,38,39). The number of anilines is 3. The molecule has 2 atom stereocenters. The van der Waals surface area contributed by atoms with Gasteiger partial charge >= 0.3 is 5.97 Å². The van der Waals surface area contributed by atoms with Crippen LogP contribution in [0.1, 0.15) is 36.5 Å². The van der Waals surface area contributed by atoms with Crippen LogP contribution in [0.2, 0.25) is 0 Å². The van der Waals surface area contributed by atoms with E-state index in [9.17, 15) is 19.5 Å². The molecule has 40 heavy (non-hydrogen) atoms. The van der Waals surface area contributed by atoms with E-state index in [0.717, 1.165) is 28.9 Å². The monoisotopic (exact) mass is 540 g/mol. The van der Waals surface area contributed by atoms with Crippen LogP contribution in [-0.2, 0) is 27.2 Å². The van der Waals surface area contributed by atoms with E-state index < -0.39 is 11.9 Å². The Bertz CT molecular complexity index is 1550. The van der Waals surface area contributed by atoms with Crippen LogP contribution in [0.15, 0.2) is 71.1 Å². The van der Waals surface area contributed by atoms with Crippen LogP contribution in [0, 0.1) is 5.92 Å². The summed E-state index contributed by atoms with van der Waals surface area (Å²) in [7, 11) is 0. The Hall–Kier alpha value is -4.66. The van der Waals surface area contributed by atoms with Crippen molar-refractivity contribution < 1.29 is 23.9 Å². The van der Waals surface area contributed by atoms with Gasteiger partial charge in [0.15, 0.2) is 11.4 Å². The summed E-state index contributed by atoms with van der Waals surface area (Å²) in [5.74, 6) is -1.91. The number of benzene rings is 3. The van der Waals surface area contributed by atoms with Gasteiger partial charge in [0.25, 0.3) is 6.01 Å². The maximum absolute atomic E-state index is 12.7. The number of amides is 1. The molecular weight excluding hydrogens is 508 g/mol. The largest absolute Gasteiger partial charge is 0.481 e. The number of hydrogen-bond donors (Lipinski definition) is 3. The molecule has 0 radical (unpaired) electrons. The maximum atomic E-state index is 12.7. The van der Waals surface area contributed by atoms with Gasteiger partial charge in [-0.25, -0.2) is 0 Å². The highest BCUT2D eigenvalue weighted by Gasteiger charge is 2.39. The summed E-state index contributed by atoms with van der Waals surface area (Å²) in [6.07, 6.45) is 1.13. The summed E-state index contributed by atoms with van der Waals surface area (Å²) in [5, 5.41) is 16.0. The van der Waals surface area contributed by atoms with Crippen molar-refractivity contribution in [3.63, 3.8) is 0 Å². The molecule has 2 heterocycles. The number of aromatic nitrogens is 1. The first-order valence-corrected chi connectivity index (χ1v) is 13.4. The van der Waals surface area contributed by atoms with Gasteiger partial charge in [-0.1, -0.05) is 43.3 Å². The number of nitrogens with one attached hydrogen (secondary N) is 2. The number of para-hydroxylation sites is 1. The lowest BCUT2D eigenvalue weighted by Gasteiger charge is -2.16. The molecule has 0 bridgehead atoms. The summed E-state index contributed by atoms with van der Waals surface area (Å²) >= 11 is 0. The van der Waals surface area contributed by atoms with Crippen LogP contribution in [0.4, 0.5) is 17.4 Å². The number of carbonyl (C=O) groups is 3. The topological polar surface area (TPSA) is 125 Å². The fourth-order valence-corrected chi connectivity index (χ4v) is 5.19. The first kappa shape index (κ1) is 26.9. The fourth-order valence-electron chi connectivity index (χ4n) is 5.19. The SMILES string of the molecule is CCc1ccccc1Nc1nc2ccc(CC(=O)CNc3ccc(C4CN(C(C)=O)CC4C(=O)O)cc3)cc2o1. The molecule has 4 aromatic rings. The third-order valence-electron chi connectivity index (χ3n) is 7.40. The molecule has 1 amide bonds. The first-order valence-electron chi connectivity index (χ1n) is 13.4. The number of aryl methyl sites for hydroxylation is 1. The van der Waals surface area contributed by atoms with Gasteiger partial charge in [0.05, 0.1) is 12.5 Å². The lowest BCUT2D eigenvalue weighted by atomic mass is 9.89. The van der Waals surface area contributed by atoms with Gasteiger partial charge in [-0.2, -0.15) is 4.98 Å². The number of carboxylic acid groups (broad SMARTS) is 1. The molecule has 1 aliphatic rings. The lowest BCUT2D eigenvalue weighted by molar-refractivity contribution is -0.141. The van der Waals surface area contributed by atoms with Crippen molar-refractivity contribution >= 4 is 46.1 Å². The number of aliphatic carboxylic acids is 1. The van der Waals surface area contributed by atoms with E-state index >= 15 is 0 Å². The fraction of sp³-hybridized carbons (Fsp3) is 0.290. The summed E-state index contributed by atoms with van der Waals surface area (Å²) in [6, 6.07) is 21.4. The molecule has 1 aliphatic heterocycles. The second-order valence-corrected chi connectivity index (χ2v) is 10.1. The van der Waals surface area contributed by atoms with Crippen LogP contribution >= 0.6 is 0 Å². The third kappa shape index (κ3) is 5.98. The molecule has 206 valence electrons. The maximum Gasteiger partial charge on any atom is 0.308 e. The molecule has 3 aromatic carbocycles. The molecule has 9 nitrogen and oxygen atoms in total. The van der Waals surface area contributed by atoms with Crippen LogP contribution < -0.4 is 10.6 Å². The molecule has 0 spiro atoms. The Morgan fingerprint density at radius 3 is 2.55 bits per heavy atom. The van der Waals surface area contributed by atoms with Crippen molar-refractivity contribution in [3.05, 3.63) is 83.4 Å². The van der Waals surface area contributed by atoms with E-state index in [4.69, 9.17) is 4.42 Å². The highest BCUT2D eigenvalue weighted by Crippen LogP contribution is 2.33. The zero-order valence-electron chi connectivity index (χ0n) is 22.5. The summed E-state index contributed by atoms with van der Waals surface area (Å²) in [4.78, 5) is 42.3. The first-order chi connectivity index (χ1) is 19.3. The van der Waals surface area contributed by atoms with Gasteiger partial charge in [-0.05, 0) is 53.4 Å². The normalized spacial score (nSPS) is 16.7. The van der Waals surface area contributed by atoms with Gasteiger partial charge in [0, 0.05) is 43.7 Å². The predicted molar refractivity (Wildman–Crippen MR) is 153 cm³/mol. The number of oxazole rings is 1.